The molecule has 0 bridgehead atoms. The summed E-state index contributed by atoms with van der Waals surface area (Å²) >= 11 is 1.39. The van der Waals surface area contributed by atoms with Gasteiger partial charge < -0.3 is 5.43 Å². The first-order chi connectivity index (χ1) is 8.60. The van der Waals surface area contributed by atoms with Gasteiger partial charge in [-0.05, 0) is 38.1 Å². The highest BCUT2D eigenvalue weighted by Crippen LogP contribution is 2.24. The minimum Gasteiger partial charge on any atom is -0.308 e. The molecular weight excluding hydrogens is 248 g/mol. The maximum Gasteiger partial charge on any atom is 0.194 e. The molecule has 2 aromatic heterocycles. The summed E-state index contributed by atoms with van der Waals surface area (Å²) in [6.07, 6.45) is 1.45. The Hall–Kier alpha value is -1.73. The summed E-state index contributed by atoms with van der Waals surface area (Å²) in [6.45, 7) is 5.96. The summed E-state index contributed by atoms with van der Waals surface area (Å²) in [5.41, 5.74) is 5.56. The molecule has 0 saturated carbocycles. The molecule has 0 fully saturated rings. The minimum atomic E-state index is 0.563. The largest absolute Gasteiger partial charge is 0.308 e. The van der Waals surface area contributed by atoms with Crippen molar-refractivity contribution in [1.82, 2.24) is 19.9 Å². The Labute approximate surface area is 109 Å². The summed E-state index contributed by atoms with van der Waals surface area (Å²) in [5, 5.41) is 1.43. The van der Waals surface area contributed by atoms with Crippen molar-refractivity contribution in [3.63, 3.8) is 0 Å². The summed E-state index contributed by atoms with van der Waals surface area (Å²) in [6, 6.07) is 1.75. The number of aryl methyl sites for hydroxylation is 2. The number of nitrogens with zero attached hydrogens (tertiary/aromatic N) is 4. The molecule has 0 saturated heterocycles. The number of nitrogen functional groups attached to an aromatic ring is 1. The Morgan fingerprint density at radius 1 is 1.11 bits per heavy atom. The predicted molar refractivity (Wildman–Crippen MR) is 70.2 cm³/mol. The van der Waals surface area contributed by atoms with Gasteiger partial charge in [0.1, 0.15) is 17.2 Å². The van der Waals surface area contributed by atoms with Gasteiger partial charge in [-0.15, -0.1) is 0 Å². The van der Waals surface area contributed by atoms with Crippen LogP contribution in [0.5, 0.6) is 0 Å². The van der Waals surface area contributed by atoms with Crippen LogP contribution < -0.4 is 11.3 Å². The number of hydrazine groups is 1. The Balaban J connectivity index is 2.28. The quantitative estimate of drug-likeness (QED) is 0.376. The van der Waals surface area contributed by atoms with Gasteiger partial charge in [0.2, 0.25) is 0 Å². The number of nitrogens with two attached hydrogens (primary N) is 1. The molecule has 0 atom stereocenters. The van der Waals surface area contributed by atoms with E-state index in [2.05, 4.69) is 25.4 Å². The third-order valence-electron chi connectivity index (χ3n) is 2.60. The summed E-state index contributed by atoms with van der Waals surface area (Å²) in [4.78, 5) is 16.9. The van der Waals surface area contributed by atoms with E-state index in [9.17, 15) is 0 Å². The fourth-order valence-electron chi connectivity index (χ4n) is 1.35. The molecule has 94 valence electrons. The molecule has 0 amide bonds. The molecule has 0 aliphatic heterocycles. The van der Waals surface area contributed by atoms with Gasteiger partial charge in [-0.2, -0.15) is 0 Å². The lowest BCUT2D eigenvalue weighted by Crippen LogP contribution is -2.08. The van der Waals surface area contributed by atoms with Crippen molar-refractivity contribution in [1.29, 1.82) is 0 Å². The molecular formula is C11H14N6S. The molecule has 0 aromatic carbocycles. The van der Waals surface area contributed by atoms with Crippen LogP contribution in [0.3, 0.4) is 0 Å². The first-order valence-electron chi connectivity index (χ1n) is 5.38. The SMILES string of the molecule is Cc1nc(Sc2cc(NN)ncn2)nc(C)c1C. The summed E-state index contributed by atoms with van der Waals surface area (Å²) < 4.78 is 0. The van der Waals surface area contributed by atoms with Crippen LogP contribution >= 0.6 is 11.8 Å². The van der Waals surface area contributed by atoms with Crippen molar-refractivity contribution < 1.29 is 0 Å². The number of rotatable bonds is 3. The van der Waals surface area contributed by atoms with Crippen LogP contribution in [0.15, 0.2) is 22.6 Å². The van der Waals surface area contributed by atoms with E-state index in [-0.39, 0.29) is 0 Å². The van der Waals surface area contributed by atoms with E-state index < -0.39 is 0 Å². The number of hydrogen-bond donors (Lipinski definition) is 2. The Bertz CT molecular complexity index is 548. The Kier molecular flexibility index (Phi) is 3.73. The average Bonchev–Trinajstić information content (AvgIpc) is 2.36. The summed E-state index contributed by atoms with van der Waals surface area (Å²) in [5.74, 6) is 5.86. The normalized spacial score (nSPS) is 10.4. The van der Waals surface area contributed by atoms with Gasteiger partial charge in [-0.3, -0.25) is 0 Å². The molecule has 2 aromatic rings. The van der Waals surface area contributed by atoms with Crippen LogP contribution in [0.25, 0.3) is 0 Å². The van der Waals surface area contributed by atoms with Gasteiger partial charge in [0.05, 0.1) is 0 Å². The second kappa shape index (κ2) is 5.28. The summed E-state index contributed by atoms with van der Waals surface area (Å²) in [7, 11) is 0. The van der Waals surface area contributed by atoms with Crippen LogP contribution in [0.4, 0.5) is 5.82 Å². The second-order valence-corrected chi connectivity index (χ2v) is 4.78. The van der Waals surface area contributed by atoms with Crippen LogP contribution in [-0.4, -0.2) is 19.9 Å². The maximum atomic E-state index is 5.30. The second-order valence-electron chi connectivity index (χ2n) is 3.79. The Morgan fingerprint density at radius 2 is 1.78 bits per heavy atom. The highest BCUT2D eigenvalue weighted by atomic mass is 32.2. The monoisotopic (exact) mass is 262 g/mol. The zero-order valence-corrected chi connectivity index (χ0v) is 11.2. The van der Waals surface area contributed by atoms with Gasteiger partial charge in [0, 0.05) is 17.5 Å². The fraction of sp³-hybridized carbons (Fsp3) is 0.273. The van der Waals surface area contributed by atoms with Crippen molar-refractivity contribution in [2.45, 2.75) is 31.0 Å². The van der Waals surface area contributed by atoms with Gasteiger partial charge >= 0.3 is 0 Å². The van der Waals surface area contributed by atoms with E-state index in [1.54, 1.807) is 6.07 Å². The number of nitrogens with one attached hydrogen (secondary N) is 1. The number of hydrogen-bond acceptors (Lipinski definition) is 7. The molecule has 2 rings (SSSR count). The first-order valence-corrected chi connectivity index (χ1v) is 6.20. The molecule has 6 nitrogen and oxygen atoms in total. The van der Waals surface area contributed by atoms with E-state index in [0.717, 1.165) is 22.0 Å². The van der Waals surface area contributed by atoms with Gasteiger partial charge in [-0.25, -0.2) is 25.8 Å². The highest BCUT2D eigenvalue weighted by Gasteiger charge is 2.07. The van der Waals surface area contributed by atoms with Crippen molar-refractivity contribution >= 4 is 17.6 Å². The third kappa shape index (κ3) is 2.74. The van der Waals surface area contributed by atoms with E-state index in [0.29, 0.717) is 11.0 Å². The molecule has 2 heterocycles. The zero-order valence-electron chi connectivity index (χ0n) is 10.4. The third-order valence-corrected chi connectivity index (χ3v) is 3.40. The zero-order chi connectivity index (χ0) is 13.1. The average molecular weight is 262 g/mol. The van der Waals surface area contributed by atoms with E-state index in [1.807, 2.05) is 20.8 Å². The smallest absolute Gasteiger partial charge is 0.194 e. The van der Waals surface area contributed by atoms with Crippen molar-refractivity contribution in [2.75, 3.05) is 5.43 Å². The fourth-order valence-corrected chi connectivity index (χ4v) is 2.18. The van der Waals surface area contributed by atoms with Gasteiger partial charge in [0.25, 0.3) is 0 Å². The van der Waals surface area contributed by atoms with Crippen molar-refractivity contribution in [3.8, 4) is 0 Å². The predicted octanol–water partition coefficient (Wildman–Crippen LogP) is 1.63. The molecule has 7 heteroatoms. The van der Waals surface area contributed by atoms with Crippen LogP contribution in [0.2, 0.25) is 0 Å². The lowest BCUT2D eigenvalue weighted by atomic mass is 10.2. The first kappa shape index (κ1) is 12.7. The minimum absolute atomic E-state index is 0.563. The molecule has 3 N–H and O–H groups in total. The lowest BCUT2D eigenvalue weighted by molar-refractivity contribution is 0.877. The van der Waals surface area contributed by atoms with Crippen molar-refractivity contribution in [3.05, 3.63) is 29.3 Å². The Morgan fingerprint density at radius 3 is 2.39 bits per heavy atom. The topological polar surface area (TPSA) is 89.6 Å². The standard InChI is InChI=1S/C11H14N6S/c1-6-7(2)15-11(16-8(6)3)18-10-4-9(17-12)13-5-14-10/h4-5H,12H2,1-3H3,(H,13,14,17). The number of aromatic nitrogens is 4. The maximum absolute atomic E-state index is 5.30. The van der Waals surface area contributed by atoms with Crippen LogP contribution in [0, 0.1) is 20.8 Å². The molecule has 0 radical (unpaired) electrons. The van der Waals surface area contributed by atoms with Gasteiger partial charge in [0.15, 0.2) is 5.16 Å². The number of anilines is 1. The van der Waals surface area contributed by atoms with Crippen LogP contribution in [-0.2, 0) is 0 Å². The molecule has 0 aliphatic carbocycles. The van der Waals surface area contributed by atoms with E-state index in [1.165, 1.54) is 18.1 Å². The molecule has 0 aliphatic rings. The van der Waals surface area contributed by atoms with E-state index in [4.69, 9.17) is 5.84 Å². The van der Waals surface area contributed by atoms with E-state index >= 15 is 0 Å². The van der Waals surface area contributed by atoms with Crippen molar-refractivity contribution in [2.24, 2.45) is 5.84 Å². The van der Waals surface area contributed by atoms with Crippen LogP contribution in [0.1, 0.15) is 17.0 Å². The molecule has 0 spiro atoms. The molecule has 18 heavy (non-hydrogen) atoms. The highest BCUT2D eigenvalue weighted by molar-refractivity contribution is 7.99. The molecule has 0 unspecified atom stereocenters. The van der Waals surface area contributed by atoms with Gasteiger partial charge in [-0.1, -0.05) is 0 Å². The lowest BCUT2D eigenvalue weighted by Gasteiger charge is -2.06.